The van der Waals surface area contributed by atoms with E-state index in [-0.39, 0.29) is 12.3 Å². The summed E-state index contributed by atoms with van der Waals surface area (Å²) in [4.78, 5) is 22.6. The molecule has 5 heteroatoms. The molecule has 0 aromatic rings. The van der Waals surface area contributed by atoms with Crippen LogP contribution >= 0.6 is 0 Å². The first-order valence-electron chi connectivity index (χ1n) is 7.44. The Hall–Kier alpha value is -1.39. The summed E-state index contributed by atoms with van der Waals surface area (Å²) >= 11 is 0. The topological polar surface area (TPSA) is 72.2 Å². The van der Waals surface area contributed by atoms with Gasteiger partial charge in [0, 0.05) is 6.42 Å². The highest BCUT2D eigenvalue weighted by Gasteiger charge is 2.19. The van der Waals surface area contributed by atoms with Crippen molar-refractivity contribution in [2.45, 2.75) is 71.3 Å². The fraction of sp³-hybridized carbons (Fsp3) is 0.733. The van der Waals surface area contributed by atoms with Crippen molar-refractivity contribution >= 4 is 11.8 Å². The van der Waals surface area contributed by atoms with E-state index in [1.165, 1.54) is 12.5 Å². The summed E-state index contributed by atoms with van der Waals surface area (Å²) in [6, 6.07) is -0.921. The highest BCUT2D eigenvalue weighted by Crippen LogP contribution is 2.11. The Morgan fingerprint density at radius 3 is 2.40 bits per heavy atom. The molecular formula is C15H27FN2O2. The first-order chi connectivity index (χ1) is 9.51. The number of allylic oxidation sites excluding steroid dienone is 1. The fourth-order valence-electron chi connectivity index (χ4n) is 1.91. The van der Waals surface area contributed by atoms with E-state index in [4.69, 9.17) is 5.73 Å². The third-order valence-corrected chi connectivity index (χ3v) is 2.98. The lowest BCUT2D eigenvalue weighted by atomic mass is 10.1. The summed E-state index contributed by atoms with van der Waals surface area (Å²) < 4.78 is 13.7. The predicted molar refractivity (Wildman–Crippen MR) is 78.6 cm³/mol. The molecule has 0 aliphatic carbocycles. The molecule has 0 aromatic heterocycles. The van der Waals surface area contributed by atoms with Gasteiger partial charge in [-0.3, -0.25) is 9.59 Å². The van der Waals surface area contributed by atoms with Crippen LogP contribution in [0.15, 0.2) is 11.9 Å². The van der Waals surface area contributed by atoms with Gasteiger partial charge in [-0.05, 0) is 12.8 Å². The van der Waals surface area contributed by atoms with Crippen molar-refractivity contribution in [1.29, 1.82) is 0 Å². The Morgan fingerprint density at radius 2 is 1.85 bits per heavy atom. The second-order valence-electron chi connectivity index (χ2n) is 4.95. The number of carbonyl (C=O) groups excluding carboxylic acids is 2. The van der Waals surface area contributed by atoms with Crippen molar-refractivity contribution in [2.75, 3.05) is 0 Å². The third kappa shape index (κ3) is 9.53. The number of amides is 2. The zero-order valence-electron chi connectivity index (χ0n) is 12.6. The van der Waals surface area contributed by atoms with Gasteiger partial charge in [-0.1, -0.05) is 45.6 Å². The molecule has 0 fully saturated rings. The number of primary amides is 1. The van der Waals surface area contributed by atoms with Gasteiger partial charge in [-0.2, -0.15) is 0 Å². The van der Waals surface area contributed by atoms with E-state index in [2.05, 4.69) is 12.2 Å². The smallest absolute Gasteiger partial charge is 0.220 e. The second-order valence-corrected chi connectivity index (χ2v) is 4.95. The van der Waals surface area contributed by atoms with Gasteiger partial charge in [0.15, 0.2) is 0 Å². The average Bonchev–Trinajstić information content (AvgIpc) is 2.37. The van der Waals surface area contributed by atoms with Gasteiger partial charge in [-0.25, -0.2) is 4.39 Å². The van der Waals surface area contributed by atoms with E-state index in [9.17, 15) is 14.0 Å². The van der Waals surface area contributed by atoms with Gasteiger partial charge in [0.2, 0.25) is 11.8 Å². The molecule has 0 saturated heterocycles. The summed E-state index contributed by atoms with van der Waals surface area (Å²) in [5.41, 5.74) is 5.07. The van der Waals surface area contributed by atoms with Crippen LogP contribution in [0.1, 0.15) is 65.2 Å². The molecule has 0 aliphatic heterocycles. The van der Waals surface area contributed by atoms with Crippen molar-refractivity contribution in [3.8, 4) is 0 Å². The Balaban J connectivity index is 4.18. The van der Waals surface area contributed by atoms with Crippen LogP contribution in [0.25, 0.3) is 0 Å². The summed E-state index contributed by atoms with van der Waals surface area (Å²) in [6.07, 6.45) is 7.23. The number of halogens is 1. The maximum Gasteiger partial charge on any atom is 0.220 e. The lowest BCUT2D eigenvalue weighted by molar-refractivity contribution is -0.122. The number of nitrogens with two attached hydrogens (primary N) is 1. The first kappa shape index (κ1) is 18.6. The van der Waals surface area contributed by atoms with Gasteiger partial charge in [-0.15, -0.1) is 0 Å². The van der Waals surface area contributed by atoms with Crippen molar-refractivity contribution in [1.82, 2.24) is 5.32 Å². The minimum absolute atomic E-state index is 0.204. The van der Waals surface area contributed by atoms with Crippen molar-refractivity contribution < 1.29 is 14.0 Å². The molecule has 3 N–H and O–H groups in total. The van der Waals surface area contributed by atoms with E-state index in [1.807, 2.05) is 0 Å². The van der Waals surface area contributed by atoms with Crippen LogP contribution in [0.2, 0.25) is 0 Å². The predicted octanol–water partition coefficient (Wildman–Crippen LogP) is 2.97. The molecule has 0 aliphatic rings. The largest absolute Gasteiger partial charge is 0.370 e. The lowest BCUT2D eigenvalue weighted by Gasteiger charge is -2.15. The van der Waals surface area contributed by atoms with Gasteiger partial charge in [0.1, 0.15) is 5.83 Å². The molecule has 0 spiro atoms. The molecule has 0 heterocycles. The summed E-state index contributed by atoms with van der Waals surface area (Å²) in [6.45, 7) is 3.92. The number of unbranched alkanes of at least 4 members (excludes halogenated alkanes) is 4. The standard InChI is InChI=1S/C15H27FN2O2/c1-3-5-6-7-8-10-15(20)18-13(11-14(17)19)12(16)9-4-2/h9,13H,3-8,10-11H2,1-2H3,(H2,17,19)(H,18,20)/b12-9-/t13-/m1/s1. The van der Waals surface area contributed by atoms with Crippen LogP contribution < -0.4 is 11.1 Å². The zero-order valence-corrected chi connectivity index (χ0v) is 12.6. The first-order valence-corrected chi connectivity index (χ1v) is 7.44. The highest BCUT2D eigenvalue weighted by molar-refractivity contribution is 5.79. The highest BCUT2D eigenvalue weighted by atomic mass is 19.1. The minimum Gasteiger partial charge on any atom is -0.370 e. The number of rotatable bonds is 11. The second kappa shape index (κ2) is 11.4. The zero-order chi connectivity index (χ0) is 15.4. The van der Waals surface area contributed by atoms with E-state index < -0.39 is 17.8 Å². The van der Waals surface area contributed by atoms with Crippen molar-refractivity contribution in [3.63, 3.8) is 0 Å². The van der Waals surface area contributed by atoms with Crippen LogP contribution in [0.5, 0.6) is 0 Å². The van der Waals surface area contributed by atoms with E-state index in [0.717, 1.165) is 25.7 Å². The molecule has 0 radical (unpaired) electrons. The Labute approximate surface area is 121 Å². The van der Waals surface area contributed by atoms with Crippen LogP contribution in [0.4, 0.5) is 4.39 Å². The maximum atomic E-state index is 13.7. The van der Waals surface area contributed by atoms with Crippen LogP contribution in [-0.4, -0.2) is 17.9 Å². The van der Waals surface area contributed by atoms with Crippen LogP contribution in [-0.2, 0) is 9.59 Å². The average molecular weight is 286 g/mol. The van der Waals surface area contributed by atoms with E-state index in [1.54, 1.807) is 6.92 Å². The minimum atomic E-state index is -0.921. The van der Waals surface area contributed by atoms with Crippen LogP contribution in [0.3, 0.4) is 0 Å². The molecule has 0 saturated carbocycles. The molecule has 4 nitrogen and oxygen atoms in total. The lowest BCUT2D eigenvalue weighted by Crippen LogP contribution is -2.38. The number of hydrogen-bond donors (Lipinski definition) is 2. The van der Waals surface area contributed by atoms with Gasteiger partial charge < -0.3 is 11.1 Å². The molecule has 0 bridgehead atoms. The molecular weight excluding hydrogens is 259 g/mol. The molecule has 0 rings (SSSR count). The number of carbonyl (C=O) groups is 2. The van der Waals surface area contributed by atoms with E-state index >= 15 is 0 Å². The fourth-order valence-corrected chi connectivity index (χ4v) is 1.91. The van der Waals surface area contributed by atoms with Crippen molar-refractivity contribution in [2.24, 2.45) is 5.73 Å². The normalized spacial score (nSPS) is 13.1. The molecule has 2 amide bonds. The number of nitrogens with one attached hydrogen (secondary N) is 1. The summed E-state index contributed by atoms with van der Waals surface area (Å²) in [5, 5.41) is 2.54. The van der Waals surface area contributed by atoms with Gasteiger partial charge in [0.05, 0.1) is 12.5 Å². The summed E-state index contributed by atoms with van der Waals surface area (Å²) in [7, 11) is 0. The van der Waals surface area contributed by atoms with Crippen LogP contribution in [0, 0.1) is 0 Å². The molecule has 1 atom stereocenters. The van der Waals surface area contributed by atoms with Gasteiger partial charge in [0.25, 0.3) is 0 Å². The molecule has 116 valence electrons. The van der Waals surface area contributed by atoms with Gasteiger partial charge >= 0.3 is 0 Å². The third-order valence-electron chi connectivity index (χ3n) is 2.98. The molecule has 20 heavy (non-hydrogen) atoms. The maximum absolute atomic E-state index is 13.7. The quantitative estimate of drug-likeness (QED) is 0.573. The number of hydrogen-bond acceptors (Lipinski definition) is 2. The summed E-state index contributed by atoms with van der Waals surface area (Å²) in [5.74, 6) is -1.35. The Bertz CT molecular complexity index is 330. The molecule has 0 aromatic carbocycles. The molecule has 0 unspecified atom stereocenters. The Kier molecular flexibility index (Phi) is 10.6. The van der Waals surface area contributed by atoms with Crippen molar-refractivity contribution in [3.05, 3.63) is 11.9 Å². The Morgan fingerprint density at radius 1 is 1.20 bits per heavy atom. The van der Waals surface area contributed by atoms with E-state index in [0.29, 0.717) is 12.8 Å². The monoisotopic (exact) mass is 286 g/mol. The SMILES string of the molecule is CC/C=C(\F)[C@@H](CC(N)=O)NC(=O)CCCCCCC.